The van der Waals surface area contributed by atoms with E-state index in [9.17, 15) is 14.0 Å². The zero-order valence-corrected chi connectivity index (χ0v) is 26.3. The summed E-state index contributed by atoms with van der Waals surface area (Å²) in [6, 6.07) is 13.3. The first kappa shape index (κ1) is 29.1. The van der Waals surface area contributed by atoms with Gasteiger partial charge in [0.05, 0.1) is 34.2 Å². The van der Waals surface area contributed by atoms with E-state index < -0.39 is 5.54 Å². The molecule has 1 amide bonds. The van der Waals surface area contributed by atoms with Crippen molar-refractivity contribution in [3.63, 3.8) is 0 Å². The van der Waals surface area contributed by atoms with Gasteiger partial charge in [0.2, 0.25) is 0 Å². The van der Waals surface area contributed by atoms with E-state index in [-0.39, 0.29) is 17.5 Å². The van der Waals surface area contributed by atoms with Gasteiger partial charge in [0, 0.05) is 30.6 Å². The Bertz CT molecular complexity index is 2010. The third-order valence-electron chi connectivity index (χ3n) is 9.99. The summed E-state index contributed by atoms with van der Waals surface area (Å²) in [6.45, 7) is 3.56. The molecule has 0 bridgehead atoms. The second-order valence-corrected chi connectivity index (χ2v) is 12.9. The van der Waals surface area contributed by atoms with Crippen LogP contribution in [0.1, 0.15) is 90.7 Å². The number of aromatic nitrogens is 4. The number of rotatable bonds is 7. The van der Waals surface area contributed by atoms with Gasteiger partial charge in [-0.25, -0.2) is 9.37 Å². The number of pyridine rings is 1. The van der Waals surface area contributed by atoms with Gasteiger partial charge in [0.25, 0.3) is 5.91 Å². The summed E-state index contributed by atoms with van der Waals surface area (Å²) in [4.78, 5) is 35.0. The third-order valence-corrected chi connectivity index (χ3v) is 9.99. The normalized spacial score (nSPS) is 16.6. The first-order valence-corrected chi connectivity index (χ1v) is 15.9. The van der Waals surface area contributed by atoms with Crippen molar-refractivity contribution >= 4 is 39.7 Å². The molecule has 0 radical (unpaired) electrons. The lowest BCUT2D eigenvalue weighted by Gasteiger charge is -2.41. The number of benzene rings is 2. The standard InChI is InChI=1S/C37H38FN5O2/c1-22-18-30-32(19-25(22)11-10-23(2)44)43(4)36(40-30)37(16-7-17-37)41-35(45)26-12-14-28-31(20-26)42(3)34(29-15-13-27(38)21-39-29)33(28)24-8-5-6-9-24/h10-15,18-21,24H,5-9,16-17H2,1-4H3,(H,41,45)/b11-10+. The number of aryl methyl sites for hydroxylation is 3. The second kappa shape index (κ2) is 11.1. The fourth-order valence-electron chi connectivity index (χ4n) is 7.46. The molecular formula is C37H38FN5O2. The lowest BCUT2D eigenvalue weighted by Crippen LogP contribution is -2.52. The van der Waals surface area contributed by atoms with Crippen LogP contribution in [-0.4, -0.2) is 30.8 Å². The molecule has 7 rings (SSSR count). The maximum Gasteiger partial charge on any atom is 0.252 e. The van der Waals surface area contributed by atoms with Crippen LogP contribution in [0.2, 0.25) is 0 Å². The summed E-state index contributed by atoms with van der Waals surface area (Å²) in [5, 5.41) is 4.51. The van der Waals surface area contributed by atoms with Crippen LogP contribution < -0.4 is 5.32 Å². The highest BCUT2D eigenvalue weighted by Gasteiger charge is 2.44. The molecule has 0 aliphatic heterocycles. The molecule has 2 aliphatic rings. The summed E-state index contributed by atoms with van der Waals surface area (Å²) >= 11 is 0. The van der Waals surface area contributed by atoms with Crippen LogP contribution in [0, 0.1) is 12.7 Å². The van der Waals surface area contributed by atoms with Crippen LogP contribution in [0.5, 0.6) is 0 Å². The molecule has 2 aliphatic carbocycles. The minimum absolute atomic E-state index is 0.00274. The van der Waals surface area contributed by atoms with E-state index in [1.165, 1.54) is 30.7 Å². The Labute approximate surface area is 262 Å². The Hall–Kier alpha value is -4.59. The molecule has 45 heavy (non-hydrogen) atoms. The number of carbonyl (C=O) groups is 2. The SMILES string of the molecule is CC(=O)/C=C/c1cc2c(cc1C)nc(C1(NC(=O)c3ccc4c(C5CCCC5)c(-c5ccc(F)cn5)n(C)c4c3)CCC1)n2C. The van der Waals surface area contributed by atoms with Gasteiger partial charge >= 0.3 is 0 Å². The van der Waals surface area contributed by atoms with Gasteiger partial charge in [-0.1, -0.05) is 25.0 Å². The molecule has 2 aromatic carbocycles. The number of carbonyl (C=O) groups excluding carboxylic acids is 2. The molecule has 2 saturated carbocycles. The van der Waals surface area contributed by atoms with Crippen molar-refractivity contribution in [3.8, 4) is 11.4 Å². The van der Waals surface area contributed by atoms with E-state index in [0.29, 0.717) is 11.5 Å². The van der Waals surface area contributed by atoms with Crippen LogP contribution in [-0.2, 0) is 24.4 Å². The van der Waals surface area contributed by atoms with Gasteiger partial charge in [-0.3, -0.25) is 14.6 Å². The van der Waals surface area contributed by atoms with Crippen LogP contribution in [0.4, 0.5) is 4.39 Å². The maximum atomic E-state index is 14.0. The summed E-state index contributed by atoms with van der Waals surface area (Å²) in [5.41, 5.74) is 7.85. The Morgan fingerprint density at radius 2 is 1.78 bits per heavy atom. The topological polar surface area (TPSA) is 81.8 Å². The molecule has 5 aromatic rings. The second-order valence-electron chi connectivity index (χ2n) is 12.9. The van der Waals surface area contributed by atoms with Gasteiger partial charge in [-0.05, 0) is 111 Å². The molecule has 3 heterocycles. The Balaban J connectivity index is 1.25. The number of hydrogen-bond donors (Lipinski definition) is 1. The minimum Gasteiger partial charge on any atom is -0.342 e. The molecule has 1 N–H and O–H groups in total. The first-order valence-electron chi connectivity index (χ1n) is 15.9. The lowest BCUT2D eigenvalue weighted by molar-refractivity contribution is -0.112. The van der Waals surface area contributed by atoms with Crippen molar-refractivity contribution in [3.05, 3.63) is 88.6 Å². The van der Waals surface area contributed by atoms with Gasteiger partial charge in [0.1, 0.15) is 11.6 Å². The number of halogens is 1. The summed E-state index contributed by atoms with van der Waals surface area (Å²) in [5.74, 6) is 0.772. The molecule has 0 atom stereocenters. The molecule has 0 saturated heterocycles. The molecule has 7 nitrogen and oxygen atoms in total. The van der Waals surface area contributed by atoms with Gasteiger partial charge in [-0.2, -0.15) is 0 Å². The predicted molar refractivity (Wildman–Crippen MR) is 175 cm³/mol. The zero-order chi connectivity index (χ0) is 31.5. The van der Waals surface area contributed by atoms with Gasteiger partial charge < -0.3 is 14.5 Å². The molecule has 3 aromatic heterocycles. The van der Waals surface area contributed by atoms with E-state index in [1.807, 2.05) is 45.3 Å². The molecule has 8 heteroatoms. The number of hydrogen-bond acceptors (Lipinski definition) is 4. The van der Waals surface area contributed by atoms with Crippen molar-refractivity contribution in [1.82, 2.24) is 24.4 Å². The van der Waals surface area contributed by atoms with E-state index >= 15 is 0 Å². The Kier molecular flexibility index (Phi) is 7.18. The average molecular weight is 604 g/mol. The molecule has 230 valence electrons. The monoisotopic (exact) mass is 603 g/mol. The van der Waals surface area contributed by atoms with Crippen LogP contribution in [0.15, 0.2) is 54.7 Å². The highest BCUT2D eigenvalue weighted by Crippen LogP contribution is 2.45. The van der Waals surface area contributed by atoms with E-state index in [4.69, 9.17) is 4.98 Å². The van der Waals surface area contributed by atoms with Crippen molar-refractivity contribution < 1.29 is 14.0 Å². The Morgan fingerprint density at radius 3 is 2.44 bits per heavy atom. The van der Waals surface area contributed by atoms with E-state index in [1.54, 1.807) is 19.1 Å². The number of amides is 1. The zero-order valence-electron chi connectivity index (χ0n) is 26.3. The molecule has 0 unspecified atom stereocenters. The third kappa shape index (κ3) is 4.96. The van der Waals surface area contributed by atoms with Crippen molar-refractivity contribution in [2.24, 2.45) is 14.1 Å². The number of nitrogens with one attached hydrogen (secondary N) is 1. The van der Waals surface area contributed by atoms with E-state index in [2.05, 4.69) is 31.6 Å². The quantitative estimate of drug-likeness (QED) is 0.194. The first-order chi connectivity index (χ1) is 21.6. The van der Waals surface area contributed by atoms with Crippen LogP contribution in [0.3, 0.4) is 0 Å². The van der Waals surface area contributed by atoms with Crippen LogP contribution in [0.25, 0.3) is 39.4 Å². The molecule has 2 fully saturated rings. The summed E-state index contributed by atoms with van der Waals surface area (Å²) in [6.07, 6.45) is 11.9. The van der Waals surface area contributed by atoms with Crippen molar-refractivity contribution in [2.75, 3.05) is 0 Å². The van der Waals surface area contributed by atoms with Crippen molar-refractivity contribution in [2.45, 2.75) is 70.3 Å². The Morgan fingerprint density at radius 1 is 1.00 bits per heavy atom. The number of allylic oxidation sites excluding steroid dienone is 1. The highest BCUT2D eigenvalue weighted by atomic mass is 19.1. The smallest absolute Gasteiger partial charge is 0.252 e. The molecule has 0 spiro atoms. The lowest BCUT2D eigenvalue weighted by atomic mass is 9.75. The number of ketones is 1. The fraction of sp³-hybridized carbons (Fsp3) is 0.351. The minimum atomic E-state index is -0.560. The average Bonchev–Trinajstić information content (AvgIpc) is 3.71. The van der Waals surface area contributed by atoms with Crippen molar-refractivity contribution in [1.29, 1.82) is 0 Å². The fourth-order valence-corrected chi connectivity index (χ4v) is 7.46. The van der Waals surface area contributed by atoms with Gasteiger partial charge in [-0.15, -0.1) is 0 Å². The summed E-state index contributed by atoms with van der Waals surface area (Å²) < 4.78 is 18.0. The predicted octanol–water partition coefficient (Wildman–Crippen LogP) is 7.64. The maximum absolute atomic E-state index is 14.0. The van der Waals surface area contributed by atoms with Crippen LogP contribution >= 0.6 is 0 Å². The van der Waals surface area contributed by atoms with Gasteiger partial charge in [0.15, 0.2) is 5.78 Å². The highest BCUT2D eigenvalue weighted by molar-refractivity contribution is 6.01. The number of imidazole rings is 1. The molecular weight excluding hydrogens is 565 g/mol. The number of fused-ring (bicyclic) bond motifs is 2. The number of nitrogens with zero attached hydrogens (tertiary/aromatic N) is 4. The summed E-state index contributed by atoms with van der Waals surface area (Å²) in [7, 11) is 4.01. The largest absolute Gasteiger partial charge is 0.342 e. The van der Waals surface area contributed by atoms with E-state index in [0.717, 1.165) is 82.4 Å².